The van der Waals surface area contributed by atoms with Crippen LogP contribution in [0.4, 0.5) is 10.5 Å². The van der Waals surface area contributed by atoms with Gasteiger partial charge in [-0.3, -0.25) is 4.68 Å². The van der Waals surface area contributed by atoms with E-state index >= 15 is 0 Å². The van der Waals surface area contributed by atoms with E-state index < -0.39 is 0 Å². The lowest BCUT2D eigenvalue weighted by Crippen LogP contribution is -2.41. The Morgan fingerprint density at radius 1 is 1.32 bits per heavy atom. The zero-order valence-corrected chi connectivity index (χ0v) is 15.4. The van der Waals surface area contributed by atoms with Crippen LogP contribution in [0.25, 0.3) is 0 Å². The fourth-order valence-corrected chi connectivity index (χ4v) is 3.55. The van der Waals surface area contributed by atoms with Gasteiger partial charge >= 0.3 is 6.03 Å². The molecule has 1 N–H and O–H groups in total. The molecule has 1 aromatic heterocycles. The van der Waals surface area contributed by atoms with E-state index in [1.165, 1.54) is 0 Å². The van der Waals surface area contributed by atoms with Crippen LogP contribution in [0.3, 0.4) is 0 Å². The molecule has 6 nitrogen and oxygen atoms in total. The number of urea groups is 1. The first-order valence-electron chi connectivity index (χ1n) is 8.72. The lowest BCUT2D eigenvalue weighted by atomic mass is 9.99. The average Bonchev–Trinajstić information content (AvgIpc) is 3.03. The minimum Gasteiger partial charge on any atom is -0.496 e. The summed E-state index contributed by atoms with van der Waals surface area (Å²) in [7, 11) is 3.58. The van der Waals surface area contributed by atoms with Gasteiger partial charge in [0.15, 0.2) is 0 Å². The number of nitrogens with zero attached hydrogens (tertiary/aromatic N) is 3. The molecule has 0 aliphatic carbocycles. The highest BCUT2D eigenvalue weighted by atomic mass is 16.5. The van der Waals surface area contributed by atoms with Crippen LogP contribution in [0.15, 0.2) is 24.4 Å². The van der Waals surface area contributed by atoms with Crippen molar-refractivity contribution < 1.29 is 9.53 Å². The van der Waals surface area contributed by atoms with Gasteiger partial charge in [0.25, 0.3) is 0 Å². The van der Waals surface area contributed by atoms with Gasteiger partial charge in [0.05, 0.1) is 18.8 Å². The number of ether oxygens (including phenoxy) is 1. The number of anilines is 1. The summed E-state index contributed by atoms with van der Waals surface area (Å²) in [5.74, 6) is 0.789. The van der Waals surface area contributed by atoms with Gasteiger partial charge in [-0.2, -0.15) is 5.10 Å². The number of aromatic nitrogens is 2. The zero-order valence-electron chi connectivity index (χ0n) is 15.4. The number of methoxy groups -OCH3 is 1. The number of amides is 2. The smallest absolute Gasteiger partial charge is 0.322 e. The fourth-order valence-electron chi connectivity index (χ4n) is 3.55. The van der Waals surface area contributed by atoms with E-state index in [0.29, 0.717) is 0 Å². The normalized spacial score (nSPS) is 17.4. The third-order valence-electron chi connectivity index (χ3n) is 4.93. The predicted octanol–water partition coefficient (Wildman–Crippen LogP) is 3.80. The molecule has 0 saturated carbocycles. The number of hydrogen-bond acceptors (Lipinski definition) is 3. The largest absolute Gasteiger partial charge is 0.496 e. The number of hydrogen-bond donors (Lipinski definition) is 1. The molecule has 1 saturated heterocycles. The zero-order chi connectivity index (χ0) is 18.0. The summed E-state index contributed by atoms with van der Waals surface area (Å²) >= 11 is 0. The highest BCUT2D eigenvalue weighted by Gasteiger charge is 2.30. The second-order valence-corrected chi connectivity index (χ2v) is 6.65. The molecular formula is C19H26N4O2. The molecule has 2 amide bonds. The summed E-state index contributed by atoms with van der Waals surface area (Å²) in [6.07, 6.45) is 4.90. The summed E-state index contributed by atoms with van der Waals surface area (Å²) in [4.78, 5) is 14.9. The maximum atomic E-state index is 13.0. The molecule has 2 heterocycles. The van der Waals surface area contributed by atoms with Crippen molar-refractivity contribution in [3.05, 3.63) is 41.2 Å². The van der Waals surface area contributed by atoms with Crippen LogP contribution in [-0.4, -0.2) is 34.4 Å². The molecule has 1 atom stereocenters. The summed E-state index contributed by atoms with van der Waals surface area (Å²) in [6, 6.07) is 5.95. The Hall–Kier alpha value is -2.50. The Bertz CT molecular complexity index is 769. The van der Waals surface area contributed by atoms with Gasteiger partial charge in [-0.15, -0.1) is 0 Å². The minimum atomic E-state index is -0.0679. The molecule has 134 valence electrons. The molecule has 3 rings (SSSR count). The number of likely N-dealkylation sites (tertiary alicyclic amines) is 1. The summed E-state index contributed by atoms with van der Waals surface area (Å²) < 4.78 is 7.27. The highest BCUT2D eigenvalue weighted by molar-refractivity contribution is 5.91. The minimum absolute atomic E-state index is 0.0632. The Labute approximate surface area is 148 Å². The third-order valence-corrected chi connectivity index (χ3v) is 4.93. The van der Waals surface area contributed by atoms with E-state index in [9.17, 15) is 4.79 Å². The molecule has 6 heteroatoms. The van der Waals surface area contributed by atoms with Gasteiger partial charge in [0.2, 0.25) is 0 Å². The number of carbonyl (C=O) groups is 1. The second-order valence-electron chi connectivity index (χ2n) is 6.65. The van der Waals surface area contributed by atoms with Gasteiger partial charge in [-0.05, 0) is 56.9 Å². The maximum absolute atomic E-state index is 13.0. The van der Waals surface area contributed by atoms with Crippen molar-refractivity contribution >= 4 is 11.7 Å². The number of aryl methyl sites for hydroxylation is 2. The Balaban J connectivity index is 1.84. The summed E-state index contributed by atoms with van der Waals surface area (Å²) in [5, 5.41) is 7.34. The number of benzene rings is 1. The lowest BCUT2D eigenvalue weighted by molar-refractivity contribution is 0.159. The summed E-state index contributed by atoms with van der Waals surface area (Å²) in [6.45, 7) is 4.71. The quantitative estimate of drug-likeness (QED) is 0.923. The van der Waals surface area contributed by atoms with Crippen molar-refractivity contribution in [3.63, 3.8) is 0 Å². The third kappa shape index (κ3) is 3.48. The SMILES string of the molecule is COc1cc(C)cc(NC(=O)N2CCCCC2c2ccnn2C)c1C. The van der Waals surface area contributed by atoms with E-state index in [4.69, 9.17) is 4.74 Å². The van der Waals surface area contributed by atoms with Crippen molar-refractivity contribution in [3.8, 4) is 5.75 Å². The van der Waals surface area contributed by atoms with E-state index in [2.05, 4.69) is 10.4 Å². The average molecular weight is 342 g/mol. The van der Waals surface area contributed by atoms with Crippen LogP contribution in [0.1, 0.15) is 42.1 Å². The molecule has 2 aromatic rings. The Morgan fingerprint density at radius 2 is 2.12 bits per heavy atom. The van der Waals surface area contributed by atoms with Crippen LogP contribution in [0.5, 0.6) is 5.75 Å². The van der Waals surface area contributed by atoms with Crippen molar-refractivity contribution in [2.24, 2.45) is 7.05 Å². The number of nitrogens with one attached hydrogen (secondary N) is 1. The van der Waals surface area contributed by atoms with E-state index in [1.807, 2.05) is 48.7 Å². The molecular weight excluding hydrogens is 316 g/mol. The van der Waals surface area contributed by atoms with Crippen molar-refractivity contribution in [1.82, 2.24) is 14.7 Å². The molecule has 1 aliphatic rings. The van der Waals surface area contributed by atoms with Crippen LogP contribution in [0, 0.1) is 13.8 Å². The van der Waals surface area contributed by atoms with Gasteiger partial charge in [-0.1, -0.05) is 0 Å². The Kier molecular flexibility index (Phi) is 4.97. The van der Waals surface area contributed by atoms with Crippen molar-refractivity contribution in [2.45, 2.75) is 39.2 Å². The first-order chi connectivity index (χ1) is 12.0. The fraction of sp³-hybridized carbons (Fsp3) is 0.474. The molecule has 1 unspecified atom stereocenters. The Morgan fingerprint density at radius 3 is 2.80 bits per heavy atom. The molecule has 1 fully saturated rings. The number of rotatable bonds is 3. The van der Waals surface area contributed by atoms with E-state index in [0.717, 1.165) is 54.1 Å². The standard InChI is InChI=1S/C19H26N4O2/c1-13-11-15(14(2)18(12-13)25-4)21-19(24)23-10-6-5-7-17(23)16-8-9-20-22(16)3/h8-9,11-12,17H,5-7,10H2,1-4H3,(H,21,24). The van der Waals surface area contributed by atoms with Gasteiger partial charge in [0, 0.05) is 31.0 Å². The highest BCUT2D eigenvalue weighted by Crippen LogP contribution is 2.32. The first-order valence-corrected chi connectivity index (χ1v) is 8.72. The topological polar surface area (TPSA) is 59.4 Å². The molecule has 0 spiro atoms. The van der Waals surface area contributed by atoms with Gasteiger partial charge in [-0.25, -0.2) is 4.79 Å². The van der Waals surface area contributed by atoms with Crippen molar-refractivity contribution in [1.29, 1.82) is 0 Å². The first kappa shape index (κ1) is 17.3. The van der Waals surface area contributed by atoms with Gasteiger partial charge in [0.1, 0.15) is 5.75 Å². The second kappa shape index (κ2) is 7.17. The molecule has 1 aromatic carbocycles. The van der Waals surface area contributed by atoms with Crippen molar-refractivity contribution in [2.75, 3.05) is 19.0 Å². The van der Waals surface area contributed by atoms with Crippen LogP contribution in [0.2, 0.25) is 0 Å². The monoisotopic (exact) mass is 342 g/mol. The van der Waals surface area contributed by atoms with Crippen LogP contribution >= 0.6 is 0 Å². The maximum Gasteiger partial charge on any atom is 0.322 e. The predicted molar refractivity (Wildman–Crippen MR) is 98.0 cm³/mol. The van der Waals surface area contributed by atoms with E-state index in [1.54, 1.807) is 13.3 Å². The summed E-state index contributed by atoms with van der Waals surface area (Å²) in [5.41, 5.74) is 3.87. The lowest BCUT2D eigenvalue weighted by Gasteiger charge is -2.35. The molecule has 0 bridgehead atoms. The van der Waals surface area contributed by atoms with Gasteiger partial charge < -0.3 is 15.0 Å². The molecule has 0 radical (unpaired) electrons. The number of piperidine rings is 1. The van der Waals surface area contributed by atoms with Crippen LogP contribution < -0.4 is 10.1 Å². The molecule has 25 heavy (non-hydrogen) atoms. The van der Waals surface area contributed by atoms with E-state index in [-0.39, 0.29) is 12.1 Å². The molecule has 1 aliphatic heterocycles. The number of carbonyl (C=O) groups excluding carboxylic acids is 1. The van der Waals surface area contributed by atoms with Crippen LogP contribution in [-0.2, 0) is 7.05 Å².